The van der Waals surface area contributed by atoms with Crippen LogP contribution in [0, 0.1) is 15.0 Å². The first-order valence-electron chi connectivity index (χ1n) is 13.0. The minimum atomic E-state index is -2.08. The molecule has 43 heavy (non-hydrogen) atoms. The number of nitrogens with zero attached hydrogens (tertiary/aromatic N) is 4. The lowest BCUT2D eigenvalue weighted by atomic mass is 9.96. The van der Waals surface area contributed by atoms with E-state index in [4.69, 9.17) is 9.47 Å². The first kappa shape index (κ1) is 29.3. The van der Waals surface area contributed by atoms with Gasteiger partial charge in [-0.3, -0.25) is 24.6 Å². The monoisotopic (exact) mass is 600 g/mol. The molecule has 0 aromatic heterocycles. The number of thioether (sulfide) groups is 1. The molecule has 13 heteroatoms. The normalized spacial score (nSPS) is 19.5. The van der Waals surface area contributed by atoms with Gasteiger partial charge in [0, 0.05) is 36.6 Å². The number of esters is 2. The molecule has 0 saturated carbocycles. The fourth-order valence-corrected chi connectivity index (χ4v) is 6.07. The Bertz CT molecular complexity index is 1590. The Morgan fingerprint density at radius 2 is 1.67 bits per heavy atom. The Morgan fingerprint density at radius 1 is 1.07 bits per heavy atom. The highest BCUT2D eigenvalue weighted by atomic mass is 32.2. The summed E-state index contributed by atoms with van der Waals surface area (Å²) in [4.78, 5) is 66.9. The van der Waals surface area contributed by atoms with Gasteiger partial charge in [-0.05, 0) is 34.0 Å². The number of benzene rings is 3. The van der Waals surface area contributed by atoms with Gasteiger partial charge < -0.3 is 9.47 Å². The van der Waals surface area contributed by atoms with Crippen molar-refractivity contribution in [1.29, 1.82) is 0 Å². The molecular weight excluding hydrogens is 576 g/mol. The van der Waals surface area contributed by atoms with Crippen LogP contribution in [0.25, 0.3) is 0 Å². The van der Waals surface area contributed by atoms with Gasteiger partial charge in [0.1, 0.15) is 17.7 Å². The zero-order chi connectivity index (χ0) is 30.6. The topological polar surface area (TPSA) is 158 Å². The number of carbonyl (C=O) groups excluding carboxylic acids is 3. The maximum absolute atomic E-state index is 13.9. The van der Waals surface area contributed by atoms with E-state index >= 15 is 0 Å². The number of amides is 1. The number of ether oxygens (including phenoxy) is 2. The third-order valence-electron chi connectivity index (χ3n) is 6.83. The van der Waals surface area contributed by atoms with Crippen LogP contribution >= 0.6 is 11.8 Å². The van der Waals surface area contributed by atoms with Gasteiger partial charge in [-0.2, -0.15) is 0 Å². The molecule has 3 aromatic rings. The van der Waals surface area contributed by atoms with Gasteiger partial charge in [0.2, 0.25) is 0 Å². The van der Waals surface area contributed by atoms with Crippen molar-refractivity contribution in [2.75, 3.05) is 12.4 Å². The first-order valence-corrected chi connectivity index (χ1v) is 14.1. The van der Waals surface area contributed by atoms with Crippen LogP contribution in [0.1, 0.15) is 29.7 Å². The van der Waals surface area contributed by atoms with Crippen LogP contribution in [0.2, 0.25) is 0 Å². The zero-order valence-electron chi connectivity index (χ0n) is 22.7. The Kier molecular flexibility index (Phi) is 8.44. The highest BCUT2D eigenvalue weighted by Crippen LogP contribution is 2.49. The molecular formula is C30H24N4O8S. The summed E-state index contributed by atoms with van der Waals surface area (Å²) in [7, 11) is 0. The summed E-state index contributed by atoms with van der Waals surface area (Å²) in [6.45, 7) is 0.958. The number of carbonyl (C=O) groups is 3. The molecule has 1 saturated heterocycles. The molecule has 0 N–H and O–H groups in total. The molecule has 2 atom stereocenters. The lowest BCUT2D eigenvalue weighted by Gasteiger charge is -2.51. The molecule has 1 amide bonds. The Labute approximate surface area is 249 Å². The molecule has 3 aromatic carbocycles. The summed E-state index contributed by atoms with van der Waals surface area (Å²) in [5, 5.41) is 13.0. The van der Waals surface area contributed by atoms with Crippen molar-refractivity contribution in [3.63, 3.8) is 0 Å². The second-order valence-electron chi connectivity index (χ2n) is 9.60. The molecule has 1 unspecified atom stereocenters. The molecule has 0 radical (unpaired) electrons. The Morgan fingerprint density at radius 3 is 2.21 bits per heavy atom. The van der Waals surface area contributed by atoms with Crippen molar-refractivity contribution in [3.05, 3.63) is 128 Å². The number of β-lactam (4-membered cyclic amide) rings is 1. The van der Waals surface area contributed by atoms with E-state index in [1.807, 2.05) is 60.7 Å². The van der Waals surface area contributed by atoms with E-state index in [0.717, 1.165) is 16.7 Å². The van der Waals surface area contributed by atoms with E-state index in [1.165, 1.54) is 37.4 Å². The standard InChI is InChI=1S/C30H24N4O8S/c1-19(35)41-17-23-18-43-29-30(32-38,31-16-20-12-14-24(15-13-20)34(39)40)28(37)33(29)25(23)27(36)42-26(21-8-4-2-5-9-21)22-10-6-3-7-11-22/h2-16,26,29H,17-18H2,1H3/t29-,30?/m1/s1. The second kappa shape index (κ2) is 12.4. The van der Waals surface area contributed by atoms with Crippen molar-refractivity contribution in [1.82, 2.24) is 4.90 Å². The van der Waals surface area contributed by atoms with Crippen molar-refractivity contribution < 1.29 is 28.8 Å². The molecule has 0 spiro atoms. The fourth-order valence-electron chi connectivity index (χ4n) is 4.70. The number of hydrogen-bond acceptors (Lipinski definition) is 11. The Balaban J connectivity index is 1.47. The molecule has 218 valence electrons. The zero-order valence-corrected chi connectivity index (χ0v) is 23.5. The Hall–Kier alpha value is -5.17. The van der Waals surface area contributed by atoms with Gasteiger partial charge in [0.15, 0.2) is 6.10 Å². The van der Waals surface area contributed by atoms with E-state index in [9.17, 15) is 29.4 Å². The number of hydrogen-bond donors (Lipinski definition) is 0. The number of nitro benzene ring substituents is 1. The van der Waals surface area contributed by atoms with E-state index in [2.05, 4.69) is 10.2 Å². The average molecular weight is 601 g/mol. The highest BCUT2D eigenvalue weighted by molar-refractivity contribution is 8.00. The maximum Gasteiger partial charge on any atom is 0.356 e. The van der Waals surface area contributed by atoms with Crippen molar-refractivity contribution in [2.24, 2.45) is 10.2 Å². The molecule has 2 heterocycles. The SMILES string of the molecule is CC(=O)OCC1=C(C(=O)OC(c2ccccc2)c2ccccc2)N2C(=O)C(N=O)(N=Cc3ccc([N+](=O)[O-])cc3)[C@H]2SC1. The van der Waals surface area contributed by atoms with Gasteiger partial charge in [-0.15, -0.1) is 16.7 Å². The smallest absolute Gasteiger partial charge is 0.356 e. The third-order valence-corrected chi connectivity index (χ3v) is 8.20. The average Bonchev–Trinajstić information content (AvgIpc) is 3.03. The van der Waals surface area contributed by atoms with Crippen LogP contribution in [0.5, 0.6) is 0 Å². The summed E-state index contributed by atoms with van der Waals surface area (Å²) < 4.78 is 11.2. The van der Waals surface area contributed by atoms with Crippen LogP contribution in [0.15, 0.2) is 106 Å². The third kappa shape index (κ3) is 5.79. The van der Waals surface area contributed by atoms with Gasteiger partial charge in [0.25, 0.3) is 17.3 Å². The second-order valence-corrected chi connectivity index (χ2v) is 10.7. The predicted molar refractivity (Wildman–Crippen MR) is 157 cm³/mol. The number of aliphatic imine (C=N–C) groups is 1. The highest BCUT2D eigenvalue weighted by Gasteiger charge is 2.67. The molecule has 1 fully saturated rings. The van der Waals surface area contributed by atoms with Crippen LogP contribution < -0.4 is 0 Å². The van der Waals surface area contributed by atoms with Crippen LogP contribution in [-0.4, -0.2) is 57.3 Å². The summed E-state index contributed by atoms with van der Waals surface area (Å²) in [6, 6.07) is 23.5. The lowest BCUT2D eigenvalue weighted by molar-refractivity contribution is -0.384. The van der Waals surface area contributed by atoms with E-state index in [1.54, 1.807) is 0 Å². The van der Waals surface area contributed by atoms with Gasteiger partial charge >= 0.3 is 11.9 Å². The molecule has 5 rings (SSSR count). The minimum Gasteiger partial charge on any atom is -0.461 e. The number of nitro groups is 1. The number of nitroso groups, excluding NO2 is 1. The number of rotatable bonds is 10. The number of fused-ring (bicyclic) bond motifs is 1. The summed E-state index contributed by atoms with van der Waals surface area (Å²) >= 11 is 1.13. The molecule has 2 aliphatic rings. The van der Waals surface area contributed by atoms with Crippen molar-refractivity contribution in [3.8, 4) is 0 Å². The largest absolute Gasteiger partial charge is 0.461 e. The van der Waals surface area contributed by atoms with Crippen LogP contribution in [0.4, 0.5) is 5.69 Å². The molecule has 0 bridgehead atoms. The van der Waals surface area contributed by atoms with Crippen LogP contribution in [-0.2, 0) is 23.9 Å². The van der Waals surface area contributed by atoms with E-state index in [0.29, 0.717) is 22.3 Å². The summed E-state index contributed by atoms with van der Waals surface area (Å²) in [5.41, 5.74) is -0.240. The molecule has 12 nitrogen and oxygen atoms in total. The quantitative estimate of drug-likeness (QED) is 0.0813. The van der Waals surface area contributed by atoms with E-state index in [-0.39, 0.29) is 23.7 Å². The predicted octanol–water partition coefficient (Wildman–Crippen LogP) is 4.54. The summed E-state index contributed by atoms with van der Waals surface area (Å²) in [6.07, 6.45) is 0.411. The first-order chi connectivity index (χ1) is 20.7. The summed E-state index contributed by atoms with van der Waals surface area (Å²) in [5.74, 6) is -2.17. The minimum absolute atomic E-state index is 0.123. The fraction of sp³-hybridized carbons (Fsp3) is 0.200. The number of non-ortho nitro benzene ring substituents is 1. The van der Waals surface area contributed by atoms with Crippen molar-refractivity contribution in [2.45, 2.75) is 24.1 Å². The van der Waals surface area contributed by atoms with Crippen LogP contribution in [0.3, 0.4) is 0 Å². The van der Waals surface area contributed by atoms with Crippen molar-refractivity contribution >= 4 is 41.5 Å². The van der Waals surface area contributed by atoms with Gasteiger partial charge in [0.05, 0.1) is 4.92 Å². The lowest BCUT2D eigenvalue weighted by Crippen LogP contribution is -2.72. The van der Waals surface area contributed by atoms with Gasteiger partial charge in [-0.1, -0.05) is 60.7 Å². The van der Waals surface area contributed by atoms with Gasteiger partial charge in [-0.25, -0.2) is 9.79 Å². The molecule has 2 aliphatic heterocycles. The molecule has 0 aliphatic carbocycles. The van der Waals surface area contributed by atoms with E-state index < -0.39 is 39.9 Å². The maximum atomic E-state index is 13.9.